The van der Waals surface area contributed by atoms with Gasteiger partial charge in [0.2, 0.25) is 0 Å². The predicted molar refractivity (Wildman–Crippen MR) is 142 cm³/mol. The second-order valence-electron chi connectivity index (χ2n) is 14.8. The van der Waals surface area contributed by atoms with Crippen LogP contribution < -0.4 is 0 Å². The fourth-order valence-corrected chi connectivity index (χ4v) is 12.5. The summed E-state index contributed by atoms with van der Waals surface area (Å²) in [5.41, 5.74) is -2.02. The number of carbonyl (C=O) groups excluding carboxylic acids is 1. The Balaban J connectivity index is 1.57. The van der Waals surface area contributed by atoms with E-state index in [1.165, 1.54) is 0 Å². The number of hydrogen-bond donors (Lipinski definition) is 0. The fraction of sp³-hybridized carbons (Fsp3) is 0.897. The third kappa shape index (κ3) is 3.30. The van der Waals surface area contributed by atoms with Gasteiger partial charge in [-0.25, -0.2) is 0 Å². The number of carbonyl (C=O) groups is 1. The van der Waals surface area contributed by atoms with E-state index in [2.05, 4.69) is 46.5 Å². The van der Waals surface area contributed by atoms with Gasteiger partial charge in [-0.05, 0) is 32.9 Å². The highest BCUT2D eigenvalue weighted by Crippen LogP contribution is 2.72. The SMILES string of the molecule is CO[C@]1(/C=C/C2(C)OCCO2)[C@H]2O[C@@]([Si](C)(C)C)(C(=O)CC1(C)C)[C@@]1(C)[C@@H]2[C@@H]2COC(C)(C)O[C@H]2[C@H]2O[C@H]21. The van der Waals surface area contributed by atoms with Crippen molar-refractivity contribution in [3.8, 4) is 0 Å². The Labute approximate surface area is 228 Å². The number of rotatable bonds is 4. The molecule has 8 nitrogen and oxygen atoms in total. The average molecular weight is 551 g/mol. The Bertz CT molecular complexity index is 1040. The lowest BCUT2D eigenvalue weighted by molar-refractivity contribution is -0.312. The molecule has 0 radical (unpaired) electrons. The van der Waals surface area contributed by atoms with Gasteiger partial charge in [0.25, 0.3) is 0 Å². The van der Waals surface area contributed by atoms with Crippen molar-refractivity contribution < 1.29 is 38.0 Å². The van der Waals surface area contributed by atoms with Crippen LogP contribution in [-0.2, 0) is 38.0 Å². The first-order valence-corrected chi connectivity index (χ1v) is 17.7. The summed E-state index contributed by atoms with van der Waals surface area (Å²) in [4.78, 5) is 14.7. The first kappa shape index (κ1) is 27.5. The Morgan fingerprint density at radius 3 is 2.16 bits per heavy atom. The largest absolute Gasteiger partial charge is 0.371 e. The van der Waals surface area contributed by atoms with Gasteiger partial charge in [0, 0.05) is 36.2 Å². The molecule has 214 valence electrons. The van der Waals surface area contributed by atoms with Crippen LogP contribution in [0.1, 0.15) is 48.0 Å². The van der Waals surface area contributed by atoms with Gasteiger partial charge in [0.1, 0.15) is 16.9 Å². The van der Waals surface area contributed by atoms with Crippen molar-refractivity contribution in [2.24, 2.45) is 22.7 Å². The molecule has 2 bridgehead atoms. The maximum atomic E-state index is 14.7. The zero-order chi connectivity index (χ0) is 27.7. The highest BCUT2D eigenvalue weighted by Gasteiger charge is 2.85. The van der Waals surface area contributed by atoms with Crippen LogP contribution in [0.5, 0.6) is 0 Å². The lowest BCUT2D eigenvalue weighted by Gasteiger charge is -2.58. The molecule has 9 heteroatoms. The van der Waals surface area contributed by atoms with E-state index >= 15 is 0 Å². The zero-order valence-corrected chi connectivity index (χ0v) is 25.7. The molecular weight excluding hydrogens is 504 g/mol. The van der Waals surface area contributed by atoms with E-state index in [1.54, 1.807) is 7.11 Å². The van der Waals surface area contributed by atoms with Gasteiger partial charge in [-0.15, -0.1) is 0 Å². The standard InChI is InChI=1S/C29H46O8Si/c1-24(2)15-18(30)29(38(8,9)10)27(6)19(17-16-34-25(3,4)36-20(17)21-23(27)35-21)22(37-29)28(24,31-7)12-11-26(5)32-13-14-33-26/h11-12,17,19-23H,13-16H2,1-10H3/b12-11+/t17-,19+,20+,21+,22-,23+,27-,28+,29+/m0/s1. The van der Waals surface area contributed by atoms with E-state index < -0.39 is 47.4 Å². The molecule has 0 aromatic heterocycles. The molecular formula is C29H46O8Si. The van der Waals surface area contributed by atoms with Crippen LogP contribution in [0.4, 0.5) is 0 Å². The maximum absolute atomic E-state index is 14.7. The van der Waals surface area contributed by atoms with Crippen LogP contribution in [0.15, 0.2) is 12.2 Å². The summed E-state index contributed by atoms with van der Waals surface area (Å²) in [5, 5.41) is -0.928. The van der Waals surface area contributed by atoms with E-state index in [0.29, 0.717) is 26.2 Å². The molecule has 5 saturated heterocycles. The zero-order valence-electron chi connectivity index (χ0n) is 24.7. The maximum Gasteiger partial charge on any atom is 0.185 e. The van der Waals surface area contributed by atoms with Crippen molar-refractivity contribution in [3.05, 3.63) is 12.2 Å². The Kier molecular flexibility index (Phi) is 5.79. The van der Waals surface area contributed by atoms with Gasteiger partial charge in [-0.2, -0.15) is 0 Å². The molecule has 6 aliphatic rings. The second kappa shape index (κ2) is 8.00. The molecule has 6 fully saturated rings. The molecule has 9 atom stereocenters. The number of epoxide rings is 1. The van der Waals surface area contributed by atoms with Gasteiger partial charge < -0.3 is 33.2 Å². The Morgan fingerprint density at radius 1 is 0.895 bits per heavy atom. The summed E-state index contributed by atoms with van der Waals surface area (Å²) in [6.45, 7) is 20.7. The molecule has 6 rings (SSSR count). The number of ketones is 1. The van der Waals surface area contributed by atoms with Gasteiger partial charge >= 0.3 is 0 Å². The highest BCUT2D eigenvalue weighted by atomic mass is 28.3. The monoisotopic (exact) mass is 550 g/mol. The summed E-state index contributed by atoms with van der Waals surface area (Å²) in [7, 11) is -0.565. The van der Waals surface area contributed by atoms with Crippen LogP contribution in [0.2, 0.25) is 19.6 Å². The van der Waals surface area contributed by atoms with Crippen LogP contribution >= 0.6 is 0 Å². The van der Waals surface area contributed by atoms with E-state index in [9.17, 15) is 4.79 Å². The number of ether oxygens (including phenoxy) is 7. The van der Waals surface area contributed by atoms with Crippen molar-refractivity contribution in [1.29, 1.82) is 0 Å². The first-order chi connectivity index (χ1) is 17.5. The molecule has 0 amide bonds. The summed E-state index contributed by atoms with van der Waals surface area (Å²) in [6.07, 6.45) is 3.67. The van der Waals surface area contributed by atoms with E-state index in [1.807, 2.05) is 26.8 Å². The molecule has 5 aliphatic heterocycles. The van der Waals surface area contributed by atoms with Gasteiger partial charge in [-0.1, -0.05) is 40.4 Å². The first-order valence-electron chi connectivity index (χ1n) is 14.2. The molecule has 0 aromatic rings. The minimum atomic E-state index is -2.30. The molecule has 38 heavy (non-hydrogen) atoms. The minimum Gasteiger partial charge on any atom is -0.371 e. The van der Waals surface area contributed by atoms with Gasteiger partial charge in [0.15, 0.2) is 17.4 Å². The number of Topliss-reactive ketones (excluding diaryl/α,β-unsaturated/α-hetero) is 1. The highest BCUT2D eigenvalue weighted by molar-refractivity contribution is 6.82. The summed E-state index contributed by atoms with van der Waals surface area (Å²) in [6, 6.07) is 0. The van der Waals surface area contributed by atoms with Crippen LogP contribution in [0.3, 0.4) is 0 Å². The smallest absolute Gasteiger partial charge is 0.185 e. The molecule has 5 heterocycles. The normalized spacial score (nSPS) is 50.3. The Hall–Kier alpha value is -0.653. The lowest BCUT2D eigenvalue weighted by atomic mass is 9.52. The van der Waals surface area contributed by atoms with Crippen molar-refractivity contribution in [1.82, 2.24) is 0 Å². The fourth-order valence-electron chi connectivity index (χ4n) is 9.17. The number of hydrogen-bond acceptors (Lipinski definition) is 8. The lowest BCUT2D eigenvalue weighted by Crippen LogP contribution is -2.72. The second-order valence-corrected chi connectivity index (χ2v) is 20.0. The van der Waals surface area contributed by atoms with Crippen molar-refractivity contribution in [3.63, 3.8) is 0 Å². The van der Waals surface area contributed by atoms with E-state index in [-0.39, 0.29) is 35.9 Å². The summed E-state index contributed by atoms with van der Waals surface area (Å²) in [5.74, 6) is -1.44. The third-order valence-corrected chi connectivity index (χ3v) is 13.9. The topological polar surface area (TPSA) is 85.0 Å². The summed E-state index contributed by atoms with van der Waals surface area (Å²) >= 11 is 0. The van der Waals surface area contributed by atoms with Gasteiger partial charge in [-0.3, -0.25) is 4.79 Å². The van der Waals surface area contributed by atoms with Crippen LogP contribution in [0, 0.1) is 22.7 Å². The van der Waals surface area contributed by atoms with Crippen molar-refractivity contribution in [2.45, 2.75) is 114 Å². The van der Waals surface area contributed by atoms with Gasteiger partial charge in [0.05, 0.1) is 46.2 Å². The molecule has 0 N–H and O–H groups in total. The van der Waals surface area contributed by atoms with Crippen molar-refractivity contribution >= 4 is 13.9 Å². The number of methoxy groups -OCH3 is 1. The predicted octanol–water partition coefficient (Wildman–Crippen LogP) is 3.88. The van der Waals surface area contributed by atoms with Crippen molar-refractivity contribution in [2.75, 3.05) is 26.9 Å². The summed E-state index contributed by atoms with van der Waals surface area (Å²) < 4.78 is 45.2. The Morgan fingerprint density at radius 2 is 1.55 bits per heavy atom. The van der Waals surface area contributed by atoms with E-state index in [0.717, 1.165) is 0 Å². The van der Waals surface area contributed by atoms with Crippen LogP contribution in [0.25, 0.3) is 0 Å². The molecule has 1 aliphatic carbocycles. The average Bonchev–Trinajstić information content (AvgIpc) is 3.43. The van der Waals surface area contributed by atoms with E-state index in [4.69, 9.17) is 33.2 Å². The molecule has 0 spiro atoms. The molecule has 0 aromatic carbocycles. The quantitative estimate of drug-likeness (QED) is 0.296. The van der Waals surface area contributed by atoms with Crippen LogP contribution in [-0.4, -0.2) is 87.6 Å². The molecule has 0 unspecified atom stereocenters. The minimum absolute atomic E-state index is 0.000748. The third-order valence-electron chi connectivity index (χ3n) is 10.8. The molecule has 1 saturated carbocycles. The number of fused-ring (bicyclic) bond motifs is 10.